The normalized spacial score (nSPS) is 19.4. The van der Waals surface area contributed by atoms with Crippen LogP contribution in [0.1, 0.15) is 25.7 Å². The molecule has 0 N–H and O–H groups in total. The van der Waals surface area contributed by atoms with E-state index in [1.807, 2.05) is 0 Å². The Bertz CT molecular complexity index is 616. The van der Waals surface area contributed by atoms with Crippen molar-refractivity contribution >= 4 is 22.4 Å². The van der Waals surface area contributed by atoms with E-state index in [4.69, 9.17) is 0 Å². The van der Waals surface area contributed by atoms with Gasteiger partial charge in [-0.05, 0) is 49.9 Å². The molecule has 0 spiro atoms. The summed E-state index contributed by atoms with van der Waals surface area (Å²) in [5.74, 6) is 1.39. The summed E-state index contributed by atoms with van der Waals surface area (Å²) < 4.78 is 2.36. The molecule has 3 heteroatoms. The molecule has 0 atom stereocenters. The molecule has 4 rings (SSSR count). The lowest BCUT2D eigenvalue weighted by atomic mass is 10.2. The summed E-state index contributed by atoms with van der Waals surface area (Å²) in [6.07, 6.45) is 5.35. The molecule has 0 saturated carbocycles. The van der Waals surface area contributed by atoms with Crippen molar-refractivity contribution < 1.29 is 0 Å². The molecule has 3 heterocycles. The van der Waals surface area contributed by atoms with Crippen LogP contribution in [0.3, 0.4) is 0 Å². The molecule has 20 heavy (non-hydrogen) atoms. The Morgan fingerprint density at radius 1 is 0.800 bits per heavy atom. The van der Waals surface area contributed by atoms with Gasteiger partial charge in [0.15, 0.2) is 0 Å². The third-order valence-electron chi connectivity index (χ3n) is 4.90. The first kappa shape index (κ1) is 12.1. The fraction of sp³-hybridized carbons (Fsp3) is 0.529. The van der Waals surface area contributed by atoms with E-state index in [0.717, 1.165) is 0 Å². The molecule has 0 amide bonds. The summed E-state index contributed by atoms with van der Waals surface area (Å²) in [6.45, 7) is 4.86. The Kier molecular flexibility index (Phi) is 2.86. The monoisotopic (exact) mass is 269 g/mol. The Hall–Kier alpha value is -1.64. The summed E-state index contributed by atoms with van der Waals surface area (Å²) >= 11 is 0. The van der Waals surface area contributed by atoms with E-state index >= 15 is 0 Å². The zero-order chi connectivity index (χ0) is 13.5. The number of aromatic nitrogens is 1. The standard InChI is InChI=1S/C17H23N3/c1-18-16-7-6-15(19-8-2-3-9-19)12-14(16)13-17(18)20-10-4-5-11-20/h6-7,12-13H,2-5,8-11H2,1H3. The van der Waals surface area contributed by atoms with E-state index in [0.29, 0.717) is 0 Å². The topological polar surface area (TPSA) is 11.4 Å². The van der Waals surface area contributed by atoms with Crippen molar-refractivity contribution in [2.24, 2.45) is 7.05 Å². The molecule has 1 aromatic carbocycles. The summed E-state index contributed by atoms with van der Waals surface area (Å²) in [4.78, 5) is 5.04. The molecule has 2 aromatic rings. The van der Waals surface area contributed by atoms with Gasteiger partial charge in [0.1, 0.15) is 5.82 Å². The fourth-order valence-corrected chi connectivity index (χ4v) is 3.74. The van der Waals surface area contributed by atoms with Gasteiger partial charge in [0.05, 0.1) is 0 Å². The van der Waals surface area contributed by atoms with Gasteiger partial charge in [0.25, 0.3) is 0 Å². The van der Waals surface area contributed by atoms with Crippen LogP contribution < -0.4 is 9.80 Å². The molecule has 2 aliphatic heterocycles. The average Bonchev–Trinajstić information content (AvgIpc) is 3.19. The van der Waals surface area contributed by atoms with Crippen LogP contribution in [0, 0.1) is 0 Å². The Balaban J connectivity index is 1.74. The van der Waals surface area contributed by atoms with Gasteiger partial charge in [0, 0.05) is 49.8 Å². The Morgan fingerprint density at radius 2 is 1.45 bits per heavy atom. The highest BCUT2D eigenvalue weighted by molar-refractivity contribution is 5.88. The summed E-state index contributed by atoms with van der Waals surface area (Å²) in [6, 6.07) is 9.34. The van der Waals surface area contributed by atoms with E-state index in [1.165, 1.54) is 74.3 Å². The van der Waals surface area contributed by atoms with Crippen LogP contribution in [0.25, 0.3) is 10.9 Å². The van der Waals surface area contributed by atoms with E-state index in [1.54, 1.807) is 0 Å². The van der Waals surface area contributed by atoms with Gasteiger partial charge in [-0.3, -0.25) is 0 Å². The van der Waals surface area contributed by atoms with Crippen LogP contribution in [0.15, 0.2) is 24.3 Å². The number of hydrogen-bond acceptors (Lipinski definition) is 2. The third-order valence-corrected chi connectivity index (χ3v) is 4.90. The van der Waals surface area contributed by atoms with Crippen molar-refractivity contribution in [3.8, 4) is 0 Å². The summed E-state index contributed by atoms with van der Waals surface area (Å²) in [5.41, 5.74) is 2.75. The molecule has 106 valence electrons. The molecule has 2 fully saturated rings. The molecule has 0 aliphatic carbocycles. The molecule has 1 aromatic heterocycles. The number of hydrogen-bond donors (Lipinski definition) is 0. The van der Waals surface area contributed by atoms with Crippen molar-refractivity contribution in [1.82, 2.24) is 4.57 Å². The van der Waals surface area contributed by atoms with Crippen LogP contribution >= 0.6 is 0 Å². The van der Waals surface area contributed by atoms with Crippen LogP contribution in [0.5, 0.6) is 0 Å². The van der Waals surface area contributed by atoms with Crippen molar-refractivity contribution in [3.05, 3.63) is 24.3 Å². The second-order valence-electron chi connectivity index (χ2n) is 6.19. The smallest absolute Gasteiger partial charge is 0.109 e. The molecular weight excluding hydrogens is 246 g/mol. The van der Waals surface area contributed by atoms with E-state index in [9.17, 15) is 0 Å². The highest BCUT2D eigenvalue weighted by Gasteiger charge is 2.18. The van der Waals surface area contributed by atoms with Gasteiger partial charge in [-0.1, -0.05) is 0 Å². The van der Waals surface area contributed by atoms with Crippen LogP contribution in [0.4, 0.5) is 11.5 Å². The number of aryl methyl sites for hydroxylation is 1. The highest BCUT2D eigenvalue weighted by atomic mass is 15.2. The fourth-order valence-electron chi connectivity index (χ4n) is 3.74. The van der Waals surface area contributed by atoms with Gasteiger partial charge in [0.2, 0.25) is 0 Å². The maximum absolute atomic E-state index is 2.52. The maximum Gasteiger partial charge on any atom is 0.109 e. The van der Waals surface area contributed by atoms with Crippen LogP contribution in [-0.4, -0.2) is 30.7 Å². The minimum atomic E-state index is 1.21. The number of benzene rings is 1. The molecule has 0 radical (unpaired) electrons. The van der Waals surface area contributed by atoms with Gasteiger partial charge < -0.3 is 14.4 Å². The number of nitrogens with zero attached hydrogens (tertiary/aromatic N) is 3. The Labute approximate surface area is 120 Å². The summed E-state index contributed by atoms with van der Waals surface area (Å²) in [5, 5.41) is 1.39. The quantitative estimate of drug-likeness (QED) is 0.828. The second-order valence-corrected chi connectivity index (χ2v) is 6.19. The second kappa shape index (κ2) is 4.72. The predicted molar refractivity (Wildman–Crippen MR) is 85.8 cm³/mol. The minimum Gasteiger partial charge on any atom is -0.372 e. The van der Waals surface area contributed by atoms with Crippen molar-refractivity contribution in [3.63, 3.8) is 0 Å². The van der Waals surface area contributed by atoms with Crippen molar-refractivity contribution in [2.75, 3.05) is 36.0 Å². The highest BCUT2D eigenvalue weighted by Crippen LogP contribution is 2.31. The van der Waals surface area contributed by atoms with Gasteiger partial charge >= 0.3 is 0 Å². The minimum absolute atomic E-state index is 1.21. The van der Waals surface area contributed by atoms with E-state index in [2.05, 4.69) is 45.7 Å². The molecule has 0 unspecified atom stereocenters. The number of fused-ring (bicyclic) bond motifs is 1. The number of rotatable bonds is 2. The first-order valence-corrected chi connectivity index (χ1v) is 7.92. The van der Waals surface area contributed by atoms with Gasteiger partial charge in [-0.25, -0.2) is 0 Å². The van der Waals surface area contributed by atoms with E-state index in [-0.39, 0.29) is 0 Å². The molecular formula is C17H23N3. The van der Waals surface area contributed by atoms with Gasteiger partial charge in [-0.15, -0.1) is 0 Å². The molecule has 0 bridgehead atoms. The average molecular weight is 269 g/mol. The summed E-state index contributed by atoms with van der Waals surface area (Å²) in [7, 11) is 2.20. The van der Waals surface area contributed by atoms with Crippen LogP contribution in [-0.2, 0) is 7.05 Å². The maximum atomic E-state index is 2.52. The SMILES string of the molecule is Cn1c(N2CCCC2)cc2cc(N3CCCC3)ccc21. The largest absolute Gasteiger partial charge is 0.372 e. The van der Waals surface area contributed by atoms with Crippen LogP contribution in [0.2, 0.25) is 0 Å². The first-order chi connectivity index (χ1) is 9.83. The zero-order valence-corrected chi connectivity index (χ0v) is 12.3. The predicted octanol–water partition coefficient (Wildman–Crippen LogP) is 3.38. The first-order valence-electron chi connectivity index (χ1n) is 7.92. The van der Waals surface area contributed by atoms with E-state index < -0.39 is 0 Å². The molecule has 2 saturated heterocycles. The molecule has 2 aliphatic rings. The zero-order valence-electron chi connectivity index (χ0n) is 12.3. The third kappa shape index (κ3) is 1.88. The van der Waals surface area contributed by atoms with Crippen molar-refractivity contribution in [1.29, 1.82) is 0 Å². The lowest BCUT2D eigenvalue weighted by molar-refractivity contribution is 0.861. The number of anilines is 2. The Morgan fingerprint density at radius 3 is 2.15 bits per heavy atom. The lowest BCUT2D eigenvalue weighted by Crippen LogP contribution is -2.20. The lowest BCUT2D eigenvalue weighted by Gasteiger charge is -2.18. The van der Waals surface area contributed by atoms with Gasteiger partial charge in [-0.2, -0.15) is 0 Å². The molecule has 3 nitrogen and oxygen atoms in total. The van der Waals surface area contributed by atoms with Crippen molar-refractivity contribution in [2.45, 2.75) is 25.7 Å².